The van der Waals surface area contributed by atoms with Crippen molar-refractivity contribution in [1.29, 1.82) is 0 Å². The number of benzene rings is 1. The number of amides is 1. The number of ether oxygens (including phenoxy) is 1. The summed E-state index contributed by atoms with van der Waals surface area (Å²) in [5.41, 5.74) is 0.427. The molecular weight excluding hydrogens is 314 g/mol. The third kappa shape index (κ3) is 5.09. The SMILES string of the molecule is Cl.O=C(CN1CCC2(CCNC2)C1)NCCOc1ccccc1. The average Bonchev–Trinajstić information content (AvgIpc) is 3.15. The number of carbonyl (C=O) groups excluding carboxylic acids is 1. The van der Waals surface area contributed by atoms with Crippen molar-refractivity contribution in [3.63, 3.8) is 0 Å². The average molecular weight is 340 g/mol. The molecule has 2 N–H and O–H groups in total. The molecule has 0 saturated carbocycles. The van der Waals surface area contributed by atoms with Gasteiger partial charge in [-0.05, 0) is 43.5 Å². The number of halogens is 1. The largest absolute Gasteiger partial charge is 0.492 e. The van der Waals surface area contributed by atoms with Crippen molar-refractivity contribution in [2.75, 3.05) is 45.9 Å². The van der Waals surface area contributed by atoms with Crippen LogP contribution in [0.3, 0.4) is 0 Å². The molecule has 1 unspecified atom stereocenters. The van der Waals surface area contributed by atoms with Crippen LogP contribution in [0.4, 0.5) is 0 Å². The molecule has 1 spiro atoms. The maximum atomic E-state index is 12.0. The summed E-state index contributed by atoms with van der Waals surface area (Å²) in [6.07, 6.45) is 2.46. The summed E-state index contributed by atoms with van der Waals surface area (Å²) in [4.78, 5) is 14.3. The van der Waals surface area contributed by atoms with Gasteiger partial charge in [0.2, 0.25) is 5.91 Å². The van der Waals surface area contributed by atoms with Crippen LogP contribution in [0.5, 0.6) is 5.75 Å². The first-order chi connectivity index (χ1) is 10.8. The Bertz CT molecular complexity index is 492. The van der Waals surface area contributed by atoms with E-state index in [0.29, 0.717) is 25.1 Å². The van der Waals surface area contributed by atoms with Crippen LogP contribution in [0.1, 0.15) is 12.8 Å². The van der Waals surface area contributed by atoms with Crippen LogP contribution in [0, 0.1) is 5.41 Å². The fourth-order valence-electron chi connectivity index (χ4n) is 3.44. The minimum absolute atomic E-state index is 0. The van der Waals surface area contributed by atoms with E-state index < -0.39 is 0 Å². The van der Waals surface area contributed by atoms with Crippen LogP contribution < -0.4 is 15.4 Å². The van der Waals surface area contributed by atoms with Crippen molar-refractivity contribution >= 4 is 18.3 Å². The van der Waals surface area contributed by atoms with E-state index in [-0.39, 0.29) is 18.3 Å². The molecule has 0 aromatic heterocycles. The van der Waals surface area contributed by atoms with Crippen molar-refractivity contribution in [2.45, 2.75) is 12.8 Å². The Morgan fingerprint density at radius 2 is 2.13 bits per heavy atom. The zero-order valence-electron chi connectivity index (χ0n) is 13.4. The number of likely N-dealkylation sites (tertiary alicyclic amines) is 1. The fourth-order valence-corrected chi connectivity index (χ4v) is 3.44. The smallest absolute Gasteiger partial charge is 0.234 e. The quantitative estimate of drug-likeness (QED) is 0.767. The number of para-hydroxylation sites is 1. The Morgan fingerprint density at radius 1 is 1.30 bits per heavy atom. The summed E-state index contributed by atoms with van der Waals surface area (Å²) >= 11 is 0. The van der Waals surface area contributed by atoms with E-state index in [0.717, 1.165) is 31.9 Å². The van der Waals surface area contributed by atoms with Gasteiger partial charge >= 0.3 is 0 Å². The lowest BCUT2D eigenvalue weighted by atomic mass is 9.87. The van der Waals surface area contributed by atoms with E-state index in [1.54, 1.807) is 0 Å². The Morgan fingerprint density at radius 3 is 2.87 bits per heavy atom. The number of hydrogen-bond acceptors (Lipinski definition) is 4. The van der Waals surface area contributed by atoms with Gasteiger partial charge in [-0.25, -0.2) is 0 Å². The fraction of sp³-hybridized carbons (Fsp3) is 0.588. The predicted molar refractivity (Wildman–Crippen MR) is 93.2 cm³/mol. The second-order valence-corrected chi connectivity index (χ2v) is 6.40. The van der Waals surface area contributed by atoms with Crippen LogP contribution in [0.25, 0.3) is 0 Å². The molecule has 1 atom stereocenters. The first-order valence-corrected chi connectivity index (χ1v) is 8.13. The van der Waals surface area contributed by atoms with Gasteiger partial charge in [-0.15, -0.1) is 12.4 Å². The highest BCUT2D eigenvalue weighted by atomic mass is 35.5. The Kier molecular flexibility index (Phi) is 6.69. The molecule has 128 valence electrons. The third-order valence-corrected chi connectivity index (χ3v) is 4.65. The molecule has 0 radical (unpaired) electrons. The summed E-state index contributed by atoms with van der Waals surface area (Å²) < 4.78 is 5.57. The van der Waals surface area contributed by atoms with Gasteiger partial charge in [0, 0.05) is 13.1 Å². The van der Waals surface area contributed by atoms with Gasteiger partial charge < -0.3 is 15.4 Å². The lowest BCUT2D eigenvalue weighted by molar-refractivity contribution is -0.122. The van der Waals surface area contributed by atoms with Crippen LogP contribution in [0.15, 0.2) is 30.3 Å². The normalized spacial score (nSPS) is 23.7. The molecule has 1 amide bonds. The van der Waals surface area contributed by atoms with Gasteiger partial charge in [0.1, 0.15) is 12.4 Å². The van der Waals surface area contributed by atoms with Crippen molar-refractivity contribution in [1.82, 2.24) is 15.5 Å². The van der Waals surface area contributed by atoms with E-state index in [1.165, 1.54) is 12.8 Å². The molecule has 2 saturated heterocycles. The molecule has 2 aliphatic heterocycles. The van der Waals surface area contributed by atoms with Gasteiger partial charge in [0.15, 0.2) is 0 Å². The molecule has 5 nitrogen and oxygen atoms in total. The van der Waals surface area contributed by atoms with Crippen molar-refractivity contribution in [2.24, 2.45) is 5.41 Å². The number of nitrogens with zero attached hydrogens (tertiary/aromatic N) is 1. The number of nitrogens with one attached hydrogen (secondary N) is 2. The molecular formula is C17H26ClN3O2. The Balaban J connectivity index is 0.00000192. The number of carbonyl (C=O) groups is 1. The molecule has 0 bridgehead atoms. The van der Waals surface area contributed by atoms with Gasteiger partial charge in [-0.1, -0.05) is 18.2 Å². The highest BCUT2D eigenvalue weighted by Crippen LogP contribution is 2.35. The van der Waals surface area contributed by atoms with Crippen molar-refractivity contribution in [3.8, 4) is 5.75 Å². The van der Waals surface area contributed by atoms with Crippen molar-refractivity contribution < 1.29 is 9.53 Å². The standard InChI is InChI=1S/C17H25N3O2.ClH/c21-16(19-9-11-22-15-4-2-1-3-5-15)12-20-10-7-17(14-20)6-8-18-13-17;/h1-5,18H,6-14H2,(H,19,21);1H. The lowest BCUT2D eigenvalue weighted by Crippen LogP contribution is -2.39. The minimum atomic E-state index is 0. The Labute approximate surface area is 144 Å². The second kappa shape index (κ2) is 8.52. The Hall–Kier alpha value is -1.30. The maximum Gasteiger partial charge on any atom is 0.234 e. The third-order valence-electron chi connectivity index (χ3n) is 4.65. The van der Waals surface area contributed by atoms with Crippen LogP contribution >= 0.6 is 12.4 Å². The molecule has 23 heavy (non-hydrogen) atoms. The zero-order valence-corrected chi connectivity index (χ0v) is 14.2. The molecule has 1 aromatic carbocycles. The summed E-state index contributed by atoms with van der Waals surface area (Å²) in [6.45, 7) is 5.88. The summed E-state index contributed by atoms with van der Waals surface area (Å²) in [5, 5.41) is 6.38. The topological polar surface area (TPSA) is 53.6 Å². The molecule has 1 aromatic rings. The van der Waals surface area contributed by atoms with Gasteiger partial charge in [0.05, 0.1) is 13.1 Å². The number of hydrogen-bond donors (Lipinski definition) is 2. The summed E-state index contributed by atoms with van der Waals surface area (Å²) in [5.74, 6) is 0.937. The van der Waals surface area contributed by atoms with E-state index in [4.69, 9.17) is 4.74 Å². The van der Waals surface area contributed by atoms with Gasteiger partial charge in [0.25, 0.3) is 0 Å². The monoisotopic (exact) mass is 339 g/mol. The van der Waals surface area contributed by atoms with Crippen LogP contribution in [-0.2, 0) is 4.79 Å². The van der Waals surface area contributed by atoms with Crippen LogP contribution in [-0.4, -0.2) is 56.7 Å². The molecule has 2 aliphatic rings. The van der Waals surface area contributed by atoms with Crippen LogP contribution in [0.2, 0.25) is 0 Å². The summed E-state index contributed by atoms with van der Waals surface area (Å²) in [7, 11) is 0. The highest BCUT2D eigenvalue weighted by Gasteiger charge is 2.40. The van der Waals surface area contributed by atoms with Gasteiger partial charge in [-0.2, -0.15) is 0 Å². The molecule has 2 heterocycles. The molecule has 3 rings (SSSR count). The van der Waals surface area contributed by atoms with Crippen molar-refractivity contribution in [3.05, 3.63) is 30.3 Å². The zero-order chi connectivity index (χ0) is 15.3. The highest BCUT2D eigenvalue weighted by molar-refractivity contribution is 5.85. The lowest BCUT2D eigenvalue weighted by Gasteiger charge is -2.22. The first-order valence-electron chi connectivity index (χ1n) is 8.13. The molecule has 2 fully saturated rings. The van der Waals surface area contributed by atoms with Gasteiger partial charge in [-0.3, -0.25) is 9.69 Å². The van der Waals surface area contributed by atoms with E-state index in [2.05, 4.69) is 15.5 Å². The minimum Gasteiger partial charge on any atom is -0.492 e. The summed E-state index contributed by atoms with van der Waals surface area (Å²) in [6, 6.07) is 9.67. The predicted octanol–water partition coefficient (Wildman–Crippen LogP) is 1.29. The maximum absolute atomic E-state index is 12.0. The first kappa shape index (κ1) is 18.0. The van der Waals surface area contributed by atoms with E-state index in [1.807, 2.05) is 30.3 Å². The molecule has 6 heteroatoms. The number of rotatable bonds is 6. The second-order valence-electron chi connectivity index (χ2n) is 6.40. The van der Waals surface area contributed by atoms with E-state index in [9.17, 15) is 4.79 Å². The molecule has 0 aliphatic carbocycles. The van der Waals surface area contributed by atoms with E-state index >= 15 is 0 Å².